The molecule has 2 aliphatic rings. The molecule has 136 valence electrons. The Morgan fingerprint density at radius 3 is 2.73 bits per heavy atom. The van der Waals surface area contributed by atoms with Gasteiger partial charge in [0.05, 0.1) is 17.0 Å². The summed E-state index contributed by atoms with van der Waals surface area (Å²) in [5.74, 6) is -0.0918. The first-order valence-corrected chi connectivity index (χ1v) is 9.23. The van der Waals surface area contributed by atoms with Crippen molar-refractivity contribution in [2.75, 3.05) is 31.1 Å². The summed E-state index contributed by atoms with van der Waals surface area (Å²) in [6.45, 7) is 4.39. The summed E-state index contributed by atoms with van der Waals surface area (Å²) in [7, 11) is 0. The molecule has 2 aliphatic heterocycles. The molecular weight excluding hydrogens is 352 g/mol. The zero-order valence-corrected chi connectivity index (χ0v) is 15.3. The first kappa shape index (κ1) is 18.2. The molecule has 3 rings (SSSR count). The van der Waals surface area contributed by atoms with Gasteiger partial charge >= 0.3 is 0 Å². The fourth-order valence-electron chi connectivity index (χ4n) is 3.27. The number of nitrogens with two attached hydrogens (primary N) is 1. The van der Waals surface area contributed by atoms with E-state index in [0.29, 0.717) is 38.2 Å². The summed E-state index contributed by atoms with van der Waals surface area (Å²) < 4.78 is 0. The molecule has 0 saturated carbocycles. The Kier molecular flexibility index (Phi) is 5.44. The van der Waals surface area contributed by atoms with Crippen LogP contribution in [0.5, 0.6) is 0 Å². The number of nitriles is 1. The number of carbonyl (C=O) groups excluding carboxylic acids is 2. The highest BCUT2D eigenvalue weighted by Crippen LogP contribution is 2.26. The maximum absolute atomic E-state index is 11.7. The van der Waals surface area contributed by atoms with Gasteiger partial charge in [0.15, 0.2) is 0 Å². The third-order valence-corrected chi connectivity index (χ3v) is 5.11. The SMILES string of the molecule is CC1CC(=O)NN=C1c1ccc(N2CCN(C(=O)SN)CC2)c(C#N)c1. The lowest BCUT2D eigenvalue weighted by atomic mass is 9.92. The lowest BCUT2D eigenvalue weighted by Crippen LogP contribution is -2.48. The predicted molar refractivity (Wildman–Crippen MR) is 101 cm³/mol. The third kappa shape index (κ3) is 3.66. The van der Waals surface area contributed by atoms with E-state index in [4.69, 9.17) is 5.14 Å². The molecule has 0 spiro atoms. The fraction of sp³-hybridized carbons (Fsp3) is 0.412. The number of piperazine rings is 1. The van der Waals surface area contributed by atoms with Crippen LogP contribution in [0, 0.1) is 17.2 Å². The number of hydrazone groups is 1. The molecule has 1 atom stereocenters. The Balaban J connectivity index is 1.79. The van der Waals surface area contributed by atoms with Gasteiger partial charge in [-0.1, -0.05) is 13.0 Å². The highest BCUT2D eigenvalue weighted by molar-refractivity contribution is 8.11. The first-order chi connectivity index (χ1) is 12.5. The normalized spacial score (nSPS) is 20.3. The van der Waals surface area contributed by atoms with E-state index in [1.165, 1.54) is 0 Å². The summed E-state index contributed by atoms with van der Waals surface area (Å²) in [5.41, 5.74) is 5.53. The molecule has 0 bridgehead atoms. The van der Waals surface area contributed by atoms with Crippen molar-refractivity contribution < 1.29 is 9.59 Å². The molecule has 3 N–H and O–H groups in total. The average molecular weight is 372 g/mol. The number of hydrogen-bond acceptors (Lipinski definition) is 7. The third-order valence-electron chi connectivity index (χ3n) is 4.65. The summed E-state index contributed by atoms with van der Waals surface area (Å²) in [4.78, 5) is 26.9. The maximum atomic E-state index is 11.7. The molecule has 1 aromatic rings. The lowest BCUT2D eigenvalue weighted by Gasteiger charge is -2.36. The van der Waals surface area contributed by atoms with Gasteiger partial charge in [-0.2, -0.15) is 10.4 Å². The minimum absolute atomic E-state index is 0.00413. The molecule has 2 amide bonds. The molecule has 1 unspecified atom stereocenters. The molecule has 9 heteroatoms. The van der Waals surface area contributed by atoms with Crippen molar-refractivity contribution in [1.82, 2.24) is 10.3 Å². The zero-order valence-electron chi connectivity index (χ0n) is 14.4. The number of anilines is 1. The fourth-order valence-corrected chi connectivity index (χ4v) is 3.60. The van der Waals surface area contributed by atoms with Gasteiger partial charge in [0.1, 0.15) is 6.07 Å². The Morgan fingerprint density at radius 1 is 1.38 bits per heavy atom. The second-order valence-electron chi connectivity index (χ2n) is 6.34. The Morgan fingerprint density at radius 2 is 2.12 bits per heavy atom. The van der Waals surface area contributed by atoms with Gasteiger partial charge in [-0.15, -0.1) is 0 Å². The topological polar surface area (TPSA) is 115 Å². The standard InChI is InChI=1S/C17H20N6O2S/c1-11-8-15(24)20-21-16(11)12-2-3-14(13(9-12)10-18)22-4-6-23(7-5-22)17(25)26-19/h2-3,9,11H,4-8,19H2,1H3,(H,20,24). The highest BCUT2D eigenvalue weighted by atomic mass is 32.2. The van der Waals surface area contributed by atoms with Gasteiger partial charge in [-0.3, -0.25) is 14.7 Å². The number of benzene rings is 1. The molecule has 1 saturated heterocycles. The average Bonchev–Trinajstić information content (AvgIpc) is 2.67. The Labute approximate surface area is 156 Å². The van der Waals surface area contributed by atoms with Gasteiger partial charge in [0.2, 0.25) is 5.91 Å². The van der Waals surface area contributed by atoms with Crippen LogP contribution in [0.25, 0.3) is 0 Å². The van der Waals surface area contributed by atoms with Crippen LogP contribution in [-0.2, 0) is 4.79 Å². The Bertz CT molecular complexity index is 795. The Hall–Kier alpha value is -2.57. The number of amides is 2. The summed E-state index contributed by atoms with van der Waals surface area (Å²) in [6, 6.07) is 7.91. The minimum atomic E-state index is -0.133. The summed E-state index contributed by atoms with van der Waals surface area (Å²) in [6.07, 6.45) is 0.387. The van der Waals surface area contributed by atoms with Crippen molar-refractivity contribution in [3.63, 3.8) is 0 Å². The van der Waals surface area contributed by atoms with E-state index < -0.39 is 0 Å². The van der Waals surface area contributed by atoms with E-state index in [2.05, 4.69) is 21.5 Å². The van der Waals surface area contributed by atoms with Gasteiger partial charge in [-0.05, 0) is 17.7 Å². The number of hydrogen-bond donors (Lipinski definition) is 2. The van der Waals surface area contributed by atoms with Crippen molar-refractivity contribution in [2.24, 2.45) is 16.2 Å². The van der Waals surface area contributed by atoms with Gasteiger partial charge in [0.25, 0.3) is 5.24 Å². The van der Waals surface area contributed by atoms with E-state index in [0.717, 1.165) is 28.9 Å². The summed E-state index contributed by atoms with van der Waals surface area (Å²) >= 11 is 0.727. The second kappa shape index (κ2) is 7.76. The van der Waals surface area contributed by atoms with Crippen LogP contribution in [0.2, 0.25) is 0 Å². The number of nitrogens with one attached hydrogen (secondary N) is 1. The second-order valence-corrected chi connectivity index (χ2v) is 6.92. The van der Waals surface area contributed by atoms with Gasteiger partial charge in [-0.25, -0.2) is 5.43 Å². The van der Waals surface area contributed by atoms with Gasteiger partial charge < -0.3 is 9.80 Å². The van der Waals surface area contributed by atoms with Crippen LogP contribution >= 0.6 is 11.9 Å². The molecule has 8 nitrogen and oxygen atoms in total. The molecule has 2 heterocycles. The van der Waals surface area contributed by atoms with Crippen LogP contribution < -0.4 is 15.5 Å². The van der Waals surface area contributed by atoms with Crippen LogP contribution in [0.15, 0.2) is 23.3 Å². The van der Waals surface area contributed by atoms with Crippen molar-refractivity contribution in [3.8, 4) is 6.07 Å². The quantitative estimate of drug-likeness (QED) is 0.756. The van der Waals surface area contributed by atoms with Crippen LogP contribution in [-0.4, -0.2) is 47.9 Å². The number of rotatable bonds is 2. The zero-order chi connectivity index (χ0) is 18.7. The predicted octanol–water partition coefficient (Wildman–Crippen LogP) is 1.27. The molecule has 26 heavy (non-hydrogen) atoms. The largest absolute Gasteiger partial charge is 0.367 e. The minimum Gasteiger partial charge on any atom is -0.367 e. The number of carbonyl (C=O) groups is 2. The van der Waals surface area contributed by atoms with Crippen LogP contribution in [0.1, 0.15) is 24.5 Å². The number of nitrogens with zero attached hydrogens (tertiary/aromatic N) is 4. The maximum Gasteiger partial charge on any atom is 0.296 e. The van der Waals surface area contributed by atoms with Crippen molar-refractivity contribution >= 4 is 34.5 Å². The van der Waals surface area contributed by atoms with Gasteiger partial charge in [0, 0.05) is 50.5 Å². The van der Waals surface area contributed by atoms with E-state index in [9.17, 15) is 14.9 Å². The van der Waals surface area contributed by atoms with Crippen LogP contribution in [0.4, 0.5) is 10.5 Å². The van der Waals surface area contributed by atoms with E-state index >= 15 is 0 Å². The molecule has 0 aromatic heterocycles. The van der Waals surface area contributed by atoms with Crippen molar-refractivity contribution in [2.45, 2.75) is 13.3 Å². The van der Waals surface area contributed by atoms with E-state index in [-0.39, 0.29) is 17.1 Å². The first-order valence-electron chi connectivity index (χ1n) is 8.35. The molecule has 1 aromatic carbocycles. The van der Waals surface area contributed by atoms with Crippen molar-refractivity contribution in [3.05, 3.63) is 29.3 Å². The summed E-state index contributed by atoms with van der Waals surface area (Å²) in [5, 5.41) is 18.9. The smallest absolute Gasteiger partial charge is 0.296 e. The molecule has 0 aliphatic carbocycles. The van der Waals surface area contributed by atoms with E-state index in [1.807, 2.05) is 25.1 Å². The lowest BCUT2D eigenvalue weighted by molar-refractivity contribution is -0.121. The molecule has 0 radical (unpaired) electrons. The highest BCUT2D eigenvalue weighted by Gasteiger charge is 2.25. The molecule has 1 fully saturated rings. The van der Waals surface area contributed by atoms with E-state index in [1.54, 1.807) is 4.90 Å². The molecular formula is C17H20N6O2S. The van der Waals surface area contributed by atoms with Crippen LogP contribution in [0.3, 0.4) is 0 Å². The van der Waals surface area contributed by atoms with Crippen molar-refractivity contribution in [1.29, 1.82) is 5.26 Å². The monoisotopic (exact) mass is 372 g/mol.